The Labute approximate surface area is 91.3 Å². The molecule has 1 radical (unpaired) electrons. The predicted molar refractivity (Wildman–Crippen MR) is 40.5 cm³/mol. The van der Waals surface area contributed by atoms with Gasteiger partial charge in [-0.25, -0.2) is 9.59 Å². The molecule has 0 aromatic carbocycles. The third-order valence-electron chi connectivity index (χ3n) is 1.01. The second-order valence-corrected chi connectivity index (χ2v) is 1.98. The summed E-state index contributed by atoms with van der Waals surface area (Å²) in [4.78, 5) is 20.2. The topological polar surface area (TPSA) is 102 Å². The van der Waals surface area contributed by atoms with E-state index in [1.165, 1.54) is 0 Å². The molecular formula is C6H12AgN2O4. The molecule has 0 aliphatic carbocycles. The first-order chi connectivity index (χ1) is 5.68. The molecule has 0 rings (SSSR count). The standard InChI is InChI=1S/C6H12N2O4.Ag/c7-1-2-8-3-4-12-6(11)5(9)10;/h8H,1-4,7H2,(H,9,10);. The van der Waals surface area contributed by atoms with E-state index < -0.39 is 11.9 Å². The van der Waals surface area contributed by atoms with E-state index in [-0.39, 0.29) is 29.0 Å². The van der Waals surface area contributed by atoms with E-state index in [2.05, 4.69) is 10.1 Å². The molecule has 0 amide bonds. The molecule has 4 N–H and O–H groups in total. The van der Waals surface area contributed by atoms with Gasteiger partial charge in [0.15, 0.2) is 0 Å². The van der Waals surface area contributed by atoms with Crippen LogP contribution in [0.2, 0.25) is 0 Å². The van der Waals surface area contributed by atoms with Crippen LogP contribution in [0.5, 0.6) is 0 Å². The Morgan fingerprint density at radius 3 is 2.46 bits per heavy atom. The van der Waals surface area contributed by atoms with Crippen molar-refractivity contribution in [2.45, 2.75) is 0 Å². The van der Waals surface area contributed by atoms with E-state index >= 15 is 0 Å². The van der Waals surface area contributed by atoms with Gasteiger partial charge in [0, 0.05) is 42.0 Å². The number of carbonyl (C=O) groups is 2. The normalized spacial score (nSPS) is 8.69. The van der Waals surface area contributed by atoms with Crippen LogP contribution in [0.15, 0.2) is 0 Å². The minimum Gasteiger partial charge on any atom is -0.473 e. The van der Waals surface area contributed by atoms with E-state index in [4.69, 9.17) is 10.8 Å². The van der Waals surface area contributed by atoms with Crippen molar-refractivity contribution in [3.05, 3.63) is 0 Å². The van der Waals surface area contributed by atoms with Gasteiger partial charge in [0.05, 0.1) is 0 Å². The second-order valence-electron chi connectivity index (χ2n) is 1.98. The van der Waals surface area contributed by atoms with Crippen molar-refractivity contribution in [1.82, 2.24) is 5.32 Å². The summed E-state index contributed by atoms with van der Waals surface area (Å²) < 4.78 is 4.31. The Morgan fingerprint density at radius 1 is 1.38 bits per heavy atom. The zero-order chi connectivity index (χ0) is 9.40. The maximum atomic E-state index is 10.3. The third kappa shape index (κ3) is 9.51. The summed E-state index contributed by atoms with van der Waals surface area (Å²) in [6.07, 6.45) is 0. The van der Waals surface area contributed by atoms with Gasteiger partial charge in [-0.2, -0.15) is 0 Å². The number of nitrogens with one attached hydrogen (secondary N) is 1. The van der Waals surface area contributed by atoms with Crippen molar-refractivity contribution in [3.63, 3.8) is 0 Å². The van der Waals surface area contributed by atoms with Crippen molar-refractivity contribution < 1.29 is 41.8 Å². The Bertz CT molecular complexity index is 165. The molecule has 0 fully saturated rings. The molecule has 13 heavy (non-hydrogen) atoms. The van der Waals surface area contributed by atoms with Crippen LogP contribution in [-0.4, -0.2) is 43.3 Å². The van der Waals surface area contributed by atoms with Crippen LogP contribution in [0.4, 0.5) is 0 Å². The Balaban J connectivity index is 0. The molecule has 0 saturated heterocycles. The number of esters is 1. The van der Waals surface area contributed by atoms with Crippen LogP contribution in [-0.2, 0) is 36.7 Å². The van der Waals surface area contributed by atoms with Gasteiger partial charge in [0.2, 0.25) is 0 Å². The molecule has 0 spiro atoms. The van der Waals surface area contributed by atoms with Gasteiger partial charge in [0.1, 0.15) is 6.61 Å². The molecule has 0 saturated carbocycles. The van der Waals surface area contributed by atoms with Crippen LogP contribution >= 0.6 is 0 Å². The maximum Gasteiger partial charge on any atom is 0.417 e. The van der Waals surface area contributed by atoms with Crippen molar-refractivity contribution in [2.24, 2.45) is 5.73 Å². The van der Waals surface area contributed by atoms with Crippen LogP contribution < -0.4 is 11.1 Å². The molecule has 0 bridgehead atoms. The van der Waals surface area contributed by atoms with Gasteiger partial charge in [-0.15, -0.1) is 0 Å². The predicted octanol–water partition coefficient (Wildman–Crippen LogP) is -1.84. The fourth-order valence-electron chi connectivity index (χ4n) is 0.505. The number of hydrogen-bond donors (Lipinski definition) is 3. The van der Waals surface area contributed by atoms with Crippen LogP contribution in [0.3, 0.4) is 0 Å². The van der Waals surface area contributed by atoms with Crippen molar-refractivity contribution in [1.29, 1.82) is 0 Å². The molecule has 0 aliphatic rings. The van der Waals surface area contributed by atoms with Crippen LogP contribution in [0.1, 0.15) is 0 Å². The minimum atomic E-state index is -1.58. The van der Waals surface area contributed by atoms with Gasteiger partial charge < -0.3 is 20.9 Å². The number of carboxylic acid groups (broad SMARTS) is 1. The smallest absolute Gasteiger partial charge is 0.417 e. The van der Waals surface area contributed by atoms with Gasteiger partial charge in [0.25, 0.3) is 0 Å². The molecule has 0 aliphatic heterocycles. The molecule has 0 aromatic heterocycles. The molecular weight excluding hydrogens is 272 g/mol. The van der Waals surface area contributed by atoms with E-state index in [9.17, 15) is 9.59 Å². The number of hydrogen-bond acceptors (Lipinski definition) is 5. The average Bonchev–Trinajstić information content (AvgIpc) is 2.03. The number of carboxylic acids is 1. The molecule has 0 aromatic rings. The van der Waals surface area contributed by atoms with E-state index in [0.29, 0.717) is 19.6 Å². The summed E-state index contributed by atoms with van der Waals surface area (Å²) in [5.41, 5.74) is 5.15. The third-order valence-corrected chi connectivity index (χ3v) is 1.01. The maximum absolute atomic E-state index is 10.3. The first kappa shape index (κ1) is 15.1. The molecule has 81 valence electrons. The van der Waals surface area contributed by atoms with Gasteiger partial charge >= 0.3 is 11.9 Å². The quantitative estimate of drug-likeness (QED) is 0.237. The summed E-state index contributed by atoms with van der Waals surface area (Å²) >= 11 is 0. The SMILES string of the molecule is NCCNCCOC(=O)C(=O)O.[Ag]. The average molecular weight is 284 g/mol. The fraction of sp³-hybridized carbons (Fsp3) is 0.667. The Morgan fingerprint density at radius 2 is 2.00 bits per heavy atom. The molecule has 6 nitrogen and oxygen atoms in total. The number of rotatable bonds is 5. The number of aliphatic carboxylic acids is 1. The van der Waals surface area contributed by atoms with E-state index in [1.807, 2.05) is 0 Å². The van der Waals surface area contributed by atoms with Gasteiger partial charge in [-0.1, -0.05) is 0 Å². The summed E-state index contributed by atoms with van der Waals surface area (Å²) in [5.74, 6) is -2.81. The first-order valence-corrected chi connectivity index (χ1v) is 3.49. The molecule has 7 heteroatoms. The Hall–Kier alpha value is -0.400. The monoisotopic (exact) mass is 283 g/mol. The van der Waals surface area contributed by atoms with Gasteiger partial charge in [-0.05, 0) is 0 Å². The summed E-state index contributed by atoms with van der Waals surface area (Å²) in [7, 11) is 0. The zero-order valence-corrected chi connectivity index (χ0v) is 8.36. The molecule has 0 unspecified atom stereocenters. The number of ether oxygens (including phenoxy) is 1. The Kier molecular flexibility index (Phi) is 11.2. The second kappa shape index (κ2) is 9.69. The summed E-state index contributed by atoms with van der Waals surface area (Å²) in [6, 6.07) is 0. The van der Waals surface area contributed by atoms with E-state index in [0.717, 1.165) is 0 Å². The molecule has 0 heterocycles. The number of nitrogens with two attached hydrogens (primary N) is 1. The van der Waals surface area contributed by atoms with Crippen molar-refractivity contribution in [3.8, 4) is 0 Å². The summed E-state index contributed by atoms with van der Waals surface area (Å²) in [5, 5.41) is 10.9. The van der Waals surface area contributed by atoms with Gasteiger partial charge in [-0.3, -0.25) is 0 Å². The molecule has 0 atom stereocenters. The number of carbonyl (C=O) groups excluding carboxylic acids is 1. The fourth-order valence-corrected chi connectivity index (χ4v) is 0.505. The van der Waals surface area contributed by atoms with E-state index in [1.54, 1.807) is 0 Å². The zero-order valence-electron chi connectivity index (χ0n) is 6.88. The van der Waals surface area contributed by atoms with Crippen LogP contribution in [0, 0.1) is 0 Å². The first-order valence-electron chi connectivity index (χ1n) is 3.49. The minimum absolute atomic E-state index is 0. The van der Waals surface area contributed by atoms with Crippen molar-refractivity contribution >= 4 is 11.9 Å². The largest absolute Gasteiger partial charge is 0.473 e. The summed E-state index contributed by atoms with van der Waals surface area (Å²) in [6.45, 7) is 1.57. The van der Waals surface area contributed by atoms with Crippen molar-refractivity contribution in [2.75, 3.05) is 26.2 Å². The van der Waals surface area contributed by atoms with Crippen LogP contribution in [0.25, 0.3) is 0 Å².